The van der Waals surface area contributed by atoms with E-state index in [1.54, 1.807) is 24.3 Å². The molecule has 0 aliphatic rings. The Hall–Kier alpha value is -3.15. The second-order valence-corrected chi connectivity index (χ2v) is 5.89. The molecule has 0 unspecified atom stereocenters. The fourth-order valence-corrected chi connectivity index (χ4v) is 2.25. The SMILES string of the molecule is CC(=O)NCc1ccc(C(=O)OCC(=O)NCc2ccccc2C)cc1. The molecule has 0 bridgehead atoms. The Morgan fingerprint density at radius 2 is 1.62 bits per heavy atom. The standard InChI is InChI=1S/C20H22N2O4/c1-14-5-3-4-6-18(14)12-22-19(24)13-26-20(25)17-9-7-16(8-10-17)11-21-15(2)23/h3-10H,11-13H2,1-2H3,(H,21,23)(H,22,24). The van der Waals surface area contributed by atoms with Gasteiger partial charge in [0.1, 0.15) is 0 Å². The van der Waals surface area contributed by atoms with Crippen molar-refractivity contribution in [2.45, 2.75) is 26.9 Å². The lowest BCUT2D eigenvalue weighted by Crippen LogP contribution is -2.28. The lowest BCUT2D eigenvalue weighted by atomic mass is 10.1. The van der Waals surface area contributed by atoms with Gasteiger partial charge in [-0.2, -0.15) is 0 Å². The average molecular weight is 354 g/mol. The van der Waals surface area contributed by atoms with Crippen molar-refractivity contribution in [1.29, 1.82) is 0 Å². The molecular weight excluding hydrogens is 332 g/mol. The number of aryl methyl sites for hydroxylation is 1. The molecule has 2 aromatic rings. The molecule has 136 valence electrons. The van der Waals surface area contributed by atoms with Crippen LogP contribution >= 0.6 is 0 Å². The third-order valence-corrected chi connectivity index (χ3v) is 3.80. The molecular formula is C20H22N2O4. The van der Waals surface area contributed by atoms with Crippen LogP contribution in [0.2, 0.25) is 0 Å². The molecule has 0 aliphatic carbocycles. The van der Waals surface area contributed by atoms with E-state index in [1.807, 2.05) is 31.2 Å². The Morgan fingerprint density at radius 1 is 0.923 bits per heavy atom. The molecule has 2 aromatic carbocycles. The van der Waals surface area contributed by atoms with E-state index in [0.29, 0.717) is 18.7 Å². The van der Waals surface area contributed by atoms with Crippen molar-refractivity contribution in [2.24, 2.45) is 0 Å². The molecule has 0 aliphatic heterocycles. The highest BCUT2D eigenvalue weighted by molar-refractivity contribution is 5.91. The summed E-state index contributed by atoms with van der Waals surface area (Å²) in [7, 11) is 0. The fraction of sp³-hybridized carbons (Fsp3) is 0.250. The van der Waals surface area contributed by atoms with Crippen LogP contribution in [0.3, 0.4) is 0 Å². The van der Waals surface area contributed by atoms with Gasteiger partial charge >= 0.3 is 5.97 Å². The molecule has 2 N–H and O–H groups in total. The van der Waals surface area contributed by atoms with E-state index in [-0.39, 0.29) is 18.4 Å². The van der Waals surface area contributed by atoms with Gasteiger partial charge in [-0.15, -0.1) is 0 Å². The van der Waals surface area contributed by atoms with E-state index >= 15 is 0 Å². The van der Waals surface area contributed by atoms with Crippen molar-refractivity contribution in [3.63, 3.8) is 0 Å². The number of rotatable bonds is 7. The van der Waals surface area contributed by atoms with E-state index in [1.165, 1.54) is 6.92 Å². The maximum Gasteiger partial charge on any atom is 0.338 e. The molecule has 0 heterocycles. The number of carbonyl (C=O) groups excluding carboxylic acids is 3. The van der Waals surface area contributed by atoms with Crippen LogP contribution in [0, 0.1) is 6.92 Å². The highest BCUT2D eigenvalue weighted by Crippen LogP contribution is 2.07. The number of nitrogens with one attached hydrogen (secondary N) is 2. The zero-order valence-corrected chi connectivity index (χ0v) is 14.9. The minimum atomic E-state index is -0.567. The predicted molar refractivity (Wildman–Crippen MR) is 97.3 cm³/mol. The van der Waals surface area contributed by atoms with Crippen LogP contribution in [0.25, 0.3) is 0 Å². The number of carbonyl (C=O) groups is 3. The number of benzene rings is 2. The van der Waals surface area contributed by atoms with Crippen molar-refractivity contribution >= 4 is 17.8 Å². The van der Waals surface area contributed by atoms with Crippen molar-refractivity contribution < 1.29 is 19.1 Å². The minimum absolute atomic E-state index is 0.120. The number of esters is 1. The third-order valence-electron chi connectivity index (χ3n) is 3.80. The summed E-state index contributed by atoms with van der Waals surface area (Å²) >= 11 is 0. The van der Waals surface area contributed by atoms with Crippen LogP contribution in [-0.4, -0.2) is 24.4 Å². The Bertz CT molecular complexity index is 785. The number of amides is 2. The fourth-order valence-electron chi connectivity index (χ4n) is 2.25. The van der Waals surface area contributed by atoms with Gasteiger partial charge in [0, 0.05) is 20.0 Å². The van der Waals surface area contributed by atoms with Crippen molar-refractivity contribution in [3.05, 3.63) is 70.8 Å². The molecule has 0 atom stereocenters. The van der Waals surface area contributed by atoms with Gasteiger partial charge in [0.25, 0.3) is 5.91 Å². The van der Waals surface area contributed by atoms with Gasteiger partial charge in [0.05, 0.1) is 5.56 Å². The van der Waals surface area contributed by atoms with Crippen molar-refractivity contribution in [2.75, 3.05) is 6.61 Å². The molecule has 0 fully saturated rings. The molecule has 6 nitrogen and oxygen atoms in total. The van der Waals surface area contributed by atoms with Gasteiger partial charge in [-0.05, 0) is 35.7 Å². The summed E-state index contributed by atoms with van der Waals surface area (Å²) in [6.07, 6.45) is 0. The van der Waals surface area contributed by atoms with Crippen LogP contribution in [0.4, 0.5) is 0 Å². The van der Waals surface area contributed by atoms with E-state index in [4.69, 9.17) is 4.74 Å². The minimum Gasteiger partial charge on any atom is -0.452 e. The average Bonchev–Trinajstić information content (AvgIpc) is 2.64. The van der Waals surface area contributed by atoms with Gasteiger partial charge in [-0.3, -0.25) is 9.59 Å². The maximum atomic E-state index is 12.0. The van der Waals surface area contributed by atoms with E-state index in [2.05, 4.69) is 10.6 Å². The summed E-state index contributed by atoms with van der Waals surface area (Å²) in [5.41, 5.74) is 3.32. The summed E-state index contributed by atoms with van der Waals surface area (Å²) in [6.45, 7) is 3.86. The first-order valence-electron chi connectivity index (χ1n) is 8.27. The number of hydrogen-bond donors (Lipinski definition) is 2. The van der Waals surface area contributed by atoms with Gasteiger partial charge in [0.15, 0.2) is 6.61 Å². The maximum absolute atomic E-state index is 12.0. The lowest BCUT2D eigenvalue weighted by molar-refractivity contribution is -0.124. The molecule has 2 amide bonds. The second-order valence-electron chi connectivity index (χ2n) is 5.89. The van der Waals surface area contributed by atoms with Gasteiger partial charge in [-0.25, -0.2) is 4.79 Å². The van der Waals surface area contributed by atoms with Gasteiger partial charge in [-0.1, -0.05) is 36.4 Å². The number of hydrogen-bond acceptors (Lipinski definition) is 4. The Balaban J connectivity index is 1.77. The molecule has 0 spiro atoms. The largest absolute Gasteiger partial charge is 0.452 e. The first kappa shape index (κ1) is 19.2. The summed E-state index contributed by atoms with van der Waals surface area (Å²) in [4.78, 5) is 34.7. The molecule has 0 saturated carbocycles. The summed E-state index contributed by atoms with van der Waals surface area (Å²) in [5.74, 6) is -1.05. The normalized spacial score (nSPS) is 10.1. The van der Waals surface area contributed by atoms with Crippen molar-refractivity contribution in [1.82, 2.24) is 10.6 Å². The van der Waals surface area contributed by atoms with Crippen LogP contribution in [0.1, 0.15) is 34.0 Å². The quantitative estimate of drug-likeness (QED) is 0.746. The molecule has 2 rings (SSSR count). The monoisotopic (exact) mass is 354 g/mol. The Kier molecular flexibility index (Phi) is 6.91. The van der Waals surface area contributed by atoms with Gasteiger partial charge < -0.3 is 15.4 Å². The van der Waals surface area contributed by atoms with E-state index in [9.17, 15) is 14.4 Å². The van der Waals surface area contributed by atoms with Crippen LogP contribution in [-0.2, 0) is 27.4 Å². The highest BCUT2D eigenvalue weighted by Gasteiger charge is 2.10. The Labute approximate surface area is 152 Å². The summed E-state index contributed by atoms with van der Waals surface area (Å²) in [5, 5.41) is 5.40. The van der Waals surface area contributed by atoms with Crippen molar-refractivity contribution in [3.8, 4) is 0 Å². The first-order chi connectivity index (χ1) is 12.5. The van der Waals surface area contributed by atoms with E-state index in [0.717, 1.165) is 16.7 Å². The molecule has 0 aromatic heterocycles. The Morgan fingerprint density at radius 3 is 2.27 bits per heavy atom. The number of ether oxygens (including phenoxy) is 1. The van der Waals surface area contributed by atoms with Gasteiger partial charge in [0.2, 0.25) is 5.91 Å². The zero-order chi connectivity index (χ0) is 18.9. The highest BCUT2D eigenvalue weighted by atomic mass is 16.5. The summed E-state index contributed by atoms with van der Waals surface area (Å²) < 4.78 is 5.03. The van der Waals surface area contributed by atoms with Crippen LogP contribution in [0.15, 0.2) is 48.5 Å². The molecule has 0 saturated heterocycles. The topological polar surface area (TPSA) is 84.5 Å². The van der Waals surface area contributed by atoms with Crippen LogP contribution in [0.5, 0.6) is 0 Å². The predicted octanol–water partition coefficient (Wildman–Crippen LogP) is 2.10. The molecule has 0 radical (unpaired) electrons. The van der Waals surface area contributed by atoms with E-state index < -0.39 is 5.97 Å². The second kappa shape index (κ2) is 9.36. The zero-order valence-electron chi connectivity index (χ0n) is 14.9. The lowest BCUT2D eigenvalue weighted by Gasteiger charge is -2.09. The third kappa shape index (κ3) is 6.05. The summed E-state index contributed by atoms with van der Waals surface area (Å²) in [6, 6.07) is 14.4. The molecule has 26 heavy (non-hydrogen) atoms. The smallest absolute Gasteiger partial charge is 0.338 e. The van der Waals surface area contributed by atoms with Crippen LogP contribution < -0.4 is 10.6 Å². The molecule has 6 heteroatoms. The first-order valence-corrected chi connectivity index (χ1v) is 8.27.